The van der Waals surface area contributed by atoms with Crippen LogP contribution in [0.4, 0.5) is 5.95 Å². The number of benzene rings is 1. The standard InChI is InChI=1S/C13H16BrN3/c1-10(2)17(8-7-14)13-15-9-11-5-3-4-6-12(11)16-13/h3-6,9-10H,7-8H2,1-2H3. The Morgan fingerprint density at radius 2 is 2.06 bits per heavy atom. The predicted molar refractivity (Wildman–Crippen MR) is 75.8 cm³/mol. The van der Waals surface area contributed by atoms with Crippen molar-refractivity contribution in [3.63, 3.8) is 0 Å². The van der Waals surface area contributed by atoms with Gasteiger partial charge in [-0.05, 0) is 19.9 Å². The minimum Gasteiger partial charge on any atom is -0.338 e. The molecule has 0 amide bonds. The predicted octanol–water partition coefficient (Wildman–Crippen LogP) is 3.24. The minimum absolute atomic E-state index is 0.397. The summed E-state index contributed by atoms with van der Waals surface area (Å²) in [4.78, 5) is 11.2. The van der Waals surface area contributed by atoms with Crippen LogP contribution in [0.2, 0.25) is 0 Å². The molecule has 4 heteroatoms. The number of alkyl halides is 1. The van der Waals surface area contributed by atoms with Gasteiger partial charge in [0.25, 0.3) is 0 Å². The van der Waals surface area contributed by atoms with Gasteiger partial charge in [0.15, 0.2) is 0 Å². The Balaban J connectivity index is 2.40. The van der Waals surface area contributed by atoms with Crippen molar-refractivity contribution in [1.82, 2.24) is 9.97 Å². The Kier molecular flexibility index (Phi) is 3.94. The number of aromatic nitrogens is 2. The van der Waals surface area contributed by atoms with Crippen molar-refractivity contribution in [3.8, 4) is 0 Å². The first-order valence-electron chi connectivity index (χ1n) is 5.77. The highest BCUT2D eigenvalue weighted by molar-refractivity contribution is 9.09. The van der Waals surface area contributed by atoms with E-state index in [0.717, 1.165) is 28.7 Å². The van der Waals surface area contributed by atoms with Crippen LogP contribution in [0.1, 0.15) is 13.8 Å². The van der Waals surface area contributed by atoms with Crippen LogP contribution in [0, 0.1) is 0 Å². The number of fused-ring (bicyclic) bond motifs is 1. The van der Waals surface area contributed by atoms with Gasteiger partial charge in [-0.1, -0.05) is 34.1 Å². The molecule has 0 aliphatic rings. The maximum atomic E-state index is 4.61. The van der Waals surface area contributed by atoms with Gasteiger partial charge >= 0.3 is 0 Å². The van der Waals surface area contributed by atoms with Crippen LogP contribution in [0.15, 0.2) is 30.5 Å². The van der Waals surface area contributed by atoms with Gasteiger partial charge in [-0.2, -0.15) is 0 Å². The molecule has 90 valence electrons. The Labute approximate surface area is 110 Å². The van der Waals surface area contributed by atoms with Gasteiger partial charge in [-0.15, -0.1) is 0 Å². The maximum Gasteiger partial charge on any atom is 0.226 e. The smallest absolute Gasteiger partial charge is 0.226 e. The molecule has 0 bridgehead atoms. The first-order valence-corrected chi connectivity index (χ1v) is 6.89. The lowest BCUT2D eigenvalue weighted by atomic mass is 10.2. The van der Waals surface area contributed by atoms with E-state index in [1.54, 1.807) is 0 Å². The van der Waals surface area contributed by atoms with Crippen molar-refractivity contribution in [2.75, 3.05) is 16.8 Å². The average Bonchev–Trinajstić information content (AvgIpc) is 2.35. The molecule has 0 unspecified atom stereocenters. The van der Waals surface area contributed by atoms with Gasteiger partial charge < -0.3 is 4.90 Å². The van der Waals surface area contributed by atoms with E-state index in [1.165, 1.54) is 0 Å². The van der Waals surface area contributed by atoms with E-state index in [1.807, 2.05) is 30.5 Å². The summed E-state index contributed by atoms with van der Waals surface area (Å²) in [7, 11) is 0. The second kappa shape index (κ2) is 5.45. The van der Waals surface area contributed by atoms with Gasteiger partial charge in [-0.3, -0.25) is 0 Å². The van der Waals surface area contributed by atoms with Crippen LogP contribution in [0.5, 0.6) is 0 Å². The van der Waals surface area contributed by atoms with E-state index in [9.17, 15) is 0 Å². The molecule has 0 saturated carbocycles. The van der Waals surface area contributed by atoms with E-state index in [-0.39, 0.29) is 0 Å². The average molecular weight is 294 g/mol. The quantitative estimate of drug-likeness (QED) is 0.811. The lowest BCUT2D eigenvalue weighted by Gasteiger charge is -2.25. The maximum absolute atomic E-state index is 4.61. The summed E-state index contributed by atoms with van der Waals surface area (Å²) in [6.45, 7) is 5.22. The molecule has 17 heavy (non-hydrogen) atoms. The third kappa shape index (κ3) is 2.75. The lowest BCUT2D eigenvalue weighted by Crippen LogP contribution is -2.33. The molecule has 1 heterocycles. The Bertz CT molecular complexity index is 499. The summed E-state index contributed by atoms with van der Waals surface area (Å²) in [5.41, 5.74) is 0.998. The monoisotopic (exact) mass is 293 g/mol. The van der Waals surface area contributed by atoms with E-state index in [4.69, 9.17) is 0 Å². The molecule has 0 aliphatic carbocycles. The largest absolute Gasteiger partial charge is 0.338 e. The van der Waals surface area contributed by atoms with Crippen molar-refractivity contribution < 1.29 is 0 Å². The number of anilines is 1. The molecule has 1 aromatic carbocycles. The normalized spacial score (nSPS) is 11.1. The molecule has 0 aliphatic heterocycles. The van der Waals surface area contributed by atoms with Gasteiger partial charge in [0.2, 0.25) is 5.95 Å². The van der Waals surface area contributed by atoms with Crippen LogP contribution < -0.4 is 4.90 Å². The lowest BCUT2D eigenvalue weighted by molar-refractivity contribution is 0.687. The molecule has 0 fully saturated rings. The first-order chi connectivity index (χ1) is 8.22. The summed E-state index contributed by atoms with van der Waals surface area (Å²) < 4.78 is 0. The molecular weight excluding hydrogens is 278 g/mol. The molecule has 0 saturated heterocycles. The van der Waals surface area contributed by atoms with Crippen molar-refractivity contribution in [2.45, 2.75) is 19.9 Å². The minimum atomic E-state index is 0.397. The third-order valence-corrected chi connectivity index (χ3v) is 3.04. The SMILES string of the molecule is CC(C)N(CCBr)c1ncc2ccccc2n1. The van der Waals surface area contributed by atoms with Crippen molar-refractivity contribution >= 4 is 32.8 Å². The van der Waals surface area contributed by atoms with Crippen molar-refractivity contribution in [1.29, 1.82) is 0 Å². The number of nitrogens with zero attached hydrogens (tertiary/aromatic N) is 3. The fraction of sp³-hybridized carbons (Fsp3) is 0.385. The highest BCUT2D eigenvalue weighted by atomic mass is 79.9. The van der Waals surface area contributed by atoms with Crippen molar-refractivity contribution in [3.05, 3.63) is 30.5 Å². The molecule has 0 spiro atoms. The second-order valence-electron chi connectivity index (χ2n) is 4.20. The zero-order valence-corrected chi connectivity index (χ0v) is 11.7. The summed E-state index contributed by atoms with van der Waals surface area (Å²) in [5, 5.41) is 2.00. The number of hydrogen-bond donors (Lipinski definition) is 0. The van der Waals surface area contributed by atoms with Crippen molar-refractivity contribution in [2.24, 2.45) is 0 Å². The van der Waals surface area contributed by atoms with Crippen LogP contribution in [-0.2, 0) is 0 Å². The molecule has 0 radical (unpaired) electrons. The third-order valence-electron chi connectivity index (χ3n) is 2.68. The second-order valence-corrected chi connectivity index (χ2v) is 5.00. The fourth-order valence-electron chi connectivity index (χ4n) is 1.78. The van der Waals surface area contributed by atoms with E-state index < -0.39 is 0 Å². The molecular formula is C13H16BrN3. The number of para-hydroxylation sites is 1. The Hall–Kier alpha value is -1.16. The van der Waals surface area contributed by atoms with Crippen LogP contribution in [0.3, 0.4) is 0 Å². The van der Waals surface area contributed by atoms with Crippen LogP contribution in [-0.4, -0.2) is 27.9 Å². The highest BCUT2D eigenvalue weighted by Crippen LogP contribution is 2.16. The summed E-state index contributed by atoms with van der Waals surface area (Å²) in [5.74, 6) is 0.804. The van der Waals surface area contributed by atoms with E-state index in [0.29, 0.717) is 6.04 Å². The molecule has 0 N–H and O–H groups in total. The van der Waals surface area contributed by atoms with Gasteiger partial charge in [0, 0.05) is 29.5 Å². The summed E-state index contributed by atoms with van der Waals surface area (Å²) >= 11 is 3.47. The first kappa shape index (κ1) is 12.3. The summed E-state index contributed by atoms with van der Waals surface area (Å²) in [6.07, 6.45) is 1.89. The topological polar surface area (TPSA) is 29.0 Å². The Morgan fingerprint density at radius 3 is 2.76 bits per heavy atom. The number of hydrogen-bond acceptors (Lipinski definition) is 3. The van der Waals surface area contributed by atoms with Crippen LogP contribution >= 0.6 is 15.9 Å². The van der Waals surface area contributed by atoms with Gasteiger partial charge in [0.1, 0.15) is 0 Å². The van der Waals surface area contributed by atoms with Crippen LogP contribution in [0.25, 0.3) is 10.9 Å². The fourth-order valence-corrected chi connectivity index (χ4v) is 2.16. The van der Waals surface area contributed by atoms with Gasteiger partial charge in [-0.25, -0.2) is 9.97 Å². The Morgan fingerprint density at radius 1 is 1.29 bits per heavy atom. The molecule has 2 aromatic rings. The zero-order valence-electron chi connectivity index (χ0n) is 10.1. The molecule has 2 rings (SSSR count). The zero-order chi connectivity index (χ0) is 12.3. The van der Waals surface area contributed by atoms with Gasteiger partial charge in [0.05, 0.1) is 5.52 Å². The number of rotatable bonds is 4. The molecule has 0 atom stereocenters. The summed E-state index contributed by atoms with van der Waals surface area (Å²) in [6, 6.07) is 8.46. The molecule has 3 nitrogen and oxygen atoms in total. The van der Waals surface area contributed by atoms with E-state index in [2.05, 4.69) is 44.6 Å². The molecule has 1 aromatic heterocycles. The van der Waals surface area contributed by atoms with E-state index >= 15 is 0 Å². The number of halogens is 1. The highest BCUT2D eigenvalue weighted by Gasteiger charge is 2.12.